The molecule has 1 atom stereocenters. The maximum Gasteiger partial charge on any atom is 0.117 e. The summed E-state index contributed by atoms with van der Waals surface area (Å²) in [5, 5.41) is 14.2. The number of nitrogens with one attached hydrogen (secondary N) is 2. The second-order valence-electron chi connectivity index (χ2n) is 4.50. The molecule has 1 aromatic carbocycles. The fourth-order valence-electron chi connectivity index (χ4n) is 2.54. The van der Waals surface area contributed by atoms with Crippen LogP contribution >= 0.6 is 0 Å². The van der Waals surface area contributed by atoms with Gasteiger partial charge in [0.25, 0.3) is 0 Å². The Labute approximate surface area is 94.5 Å². The molecule has 3 N–H and O–H groups in total. The Morgan fingerprint density at radius 3 is 3.12 bits per heavy atom. The van der Waals surface area contributed by atoms with Crippen LogP contribution in [0.25, 0.3) is 10.9 Å². The molecule has 0 spiro atoms. The van der Waals surface area contributed by atoms with E-state index in [0.29, 0.717) is 11.8 Å². The van der Waals surface area contributed by atoms with Gasteiger partial charge in [-0.15, -0.1) is 0 Å². The Balaban J connectivity index is 2.14. The Morgan fingerprint density at radius 1 is 1.44 bits per heavy atom. The van der Waals surface area contributed by atoms with E-state index in [1.165, 1.54) is 16.6 Å². The van der Waals surface area contributed by atoms with Crippen LogP contribution in [0.15, 0.2) is 18.2 Å². The molecule has 0 bridgehead atoms. The van der Waals surface area contributed by atoms with Gasteiger partial charge in [0.05, 0.1) is 0 Å². The molecule has 3 heteroatoms. The smallest absolute Gasteiger partial charge is 0.117 e. The van der Waals surface area contributed by atoms with Crippen LogP contribution in [0.5, 0.6) is 5.75 Å². The molecule has 3 rings (SSSR count). The standard InChI is InChI=1S/C13H16N2O/c1-2-8-5-11-10-4-3-9(16)6-12(10)15-13(11)7-14-8/h3-4,6,8,14-16H,2,5,7H2,1H3. The molecule has 1 aromatic heterocycles. The van der Waals surface area contributed by atoms with Gasteiger partial charge >= 0.3 is 0 Å². The number of phenols is 1. The number of aromatic hydroxyl groups is 1. The molecule has 2 heterocycles. The molecule has 16 heavy (non-hydrogen) atoms. The molecule has 3 nitrogen and oxygen atoms in total. The normalized spacial score (nSPS) is 19.9. The SMILES string of the molecule is CCC1Cc2c([nH]c3cc(O)ccc23)CN1. The first-order valence-electron chi connectivity index (χ1n) is 5.83. The number of hydrogen-bond donors (Lipinski definition) is 3. The number of fused-ring (bicyclic) bond motifs is 3. The van der Waals surface area contributed by atoms with Crippen molar-refractivity contribution in [2.75, 3.05) is 0 Å². The highest BCUT2D eigenvalue weighted by atomic mass is 16.3. The molecule has 0 aliphatic carbocycles. The average Bonchev–Trinajstić information content (AvgIpc) is 2.65. The summed E-state index contributed by atoms with van der Waals surface area (Å²) in [6, 6.07) is 6.16. The van der Waals surface area contributed by atoms with Gasteiger partial charge in [-0.05, 0) is 30.5 Å². The zero-order valence-corrected chi connectivity index (χ0v) is 9.38. The van der Waals surface area contributed by atoms with E-state index < -0.39 is 0 Å². The van der Waals surface area contributed by atoms with Crippen molar-refractivity contribution in [3.8, 4) is 5.75 Å². The monoisotopic (exact) mass is 216 g/mol. The van der Waals surface area contributed by atoms with Crippen molar-refractivity contribution in [1.82, 2.24) is 10.3 Å². The zero-order valence-electron chi connectivity index (χ0n) is 9.38. The van der Waals surface area contributed by atoms with Crippen LogP contribution in [0.4, 0.5) is 0 Å². The number of hydrogen-bond acceptors (Lipinski definition) is 2. The Kier molecular flexibility index (Phi) is 2.14. The Hall–Kier alpha value is -1.48. The second-order valence-corrected chi connectivity index (χ2v) is 4.50. The van der Waals surface area contributed by atoms with E-state index in [1.54, 1.807) is 12.1 Å². The summed E-state index contributed by atoms with van der Waals surface area (Å²) in [5.74, 6) is 0.325. The molecule has 0 saturated carbocycles. The second kappa shape index (κ2) is 3.52. The molecule has 0 fully saturated rings. The van der Waals surface area contributed by atoms with Gasteiger partial charge in [0.15, 0.2) is 0 Å². The maximum absolute atomic E-state index is 9.45. The first-order valence-corrected chi connectivity index (χ1v) is 5.83. The number of aromatic nitrogens is 1. The number of rotatable bonds is 1. The summed E-state index contributed by atoms with van der Waals surface area (Å²) < 4.78 is 0. The summed E-state index contributed by atoms with van der Waals surface area (Å²) in [6.07, 6.45) is 2.24. The third-order valence-corrected chi connectivity index (χ3v) is 3.49. The number of aromatic amines is 1. The lowest BCUT2D eigenvalue weighted by Gasteiger charge is -2.22. The highest BCUT2D eigenvalue weighted by Gasteiger charge is 2.20. The molecule has 0 radical (unpaired) electrons. The molecule has 0 amide bonds. The highest BCUT2D eigenvalue weighted by Crippen LogP contribution is 2.29. The fraction of sp³-hybridized carbons (Fsp3) is 0.385. The van der Waals surface area contributed by atoms with E-state index in [4.69, 9.17) is 0 Å². The molecular weight excluding hydrogens is 200 g/mol. The van der Waals surface area contributed by atoms with Crippen LogP contribution in [0, 0.1) is 0 Å². The van der Waals surface area contributed by atoms with Gasteiger partial charge < -0.3 is 15.4 Å². The van der Waals surface area contributed by atoms with Crippen LogP contribution in [-0.4, -0.2) is 16.1 Å². The molecular formula is C13H16N2O. The van der Waals surface area contributed by atoms with Crippen molar-refractivity contribution in [2.45, 2.75) is 32.4 Å². The minimum Gasteiger partial charge on any atom is -0.508 e. The van der Waals surface area contributed by atoms with Crippen LogP contribution in [0.2, 0.25) is 0 Å². The summed E-state index contributed by atoms with van der Waals surface area (Å²) in [4.78, 5) is 3.38. The van der Waals surface area contributed by atoms with E-state index in [9.17, 15) is 5.11 Å². The molecule has 0 saturated heterocycles. The van der Waals surface area contributed by atoms with E-state index >= 15 is 0 Å². The molecule has 1 unspecified atom stereocenters. The minimum absolute atomic E-state index is 0.325. The largest absolute Gasteiger partial charge is 0.508 e. The maximum atomic E-state index is 9.45. The van der Waals surface area contributed by atoms with Crippen LogP contribution in [-0.2, 0) is 13.0 Å². The van der Waals surface area contributed by atoms with Crippen LogP contribution in [0.3, 0.4) is 0 Å². The average molecular weight is 216 g/mol. The third kappa shape index (κ3) is 1.39. The lowest BCUT2D eigenvalue weighted by molar-refractivity contribution is 0.466. The summed E-state index contributed by atoms with van der Waals surface area (Å²) >= 11 is 0. The number of H-pyrrole nitrogens is 1. The van der Waals surface area contributed by atoms with E-state index in [1.807, 2.05) is 6.07 Å². The van der Waals surface area contributed by atoms with Crippen LogP contribution in [0.1, 0.15) is 24.6 Å². The van der Waals surface area contributed by atoms with Gasteiger partial charge in [-0.25, -0.2) is 0 Å². The van der Waals surface area contributed by atoms with Crippen molar-refractivity contribution in [1.29, 1.82) is 0 Å². The van der Waals surface area contributed by atoms with E-state index in [-0.39, 0.29) is 0 Å². The van der Waals surface area contributed by atoms with Crippen molar-refractivity contribution in [3.63, 3.8) is 0 Å². The zero-order chi connectivity index (χ0) is 11.1. The van der Waals surface area contributed by atoms with E-state index in [2.05, 4.69) is 17.2 Å². The minimum atomic E-state index is 0.325. The summed E-state index contributed by atoms with van der Waals surface area (Å²) in [6.45, 7) is 3.12. The topological polar surface area (TPSA) is 48.0 Å². The van der Waals surface area contributed by atoms with Crippen molar-refractivity contribution >= 4 is 10.9 Å². The molecule has 1 aliphatic heterocycles. The van der Waals surface area contributed by atoms with Crippen molar-refractivity contribution in [3.05, 3.63) is 29.5 Å². The highest BCUT2D eigenvalue weighted by molar-refractivity contribution is 5.86. The first-order chi connectivity index (χ1) is 7.78. The molecule has 84 valence electrons. The van der Waals surface area contributed by atoms with Gasteiger partial charge in [-0.3, -0.25) is 0 Å². The first kappa shape index (κ1) is 9.73. The van der Waals surface area contributed by atoms with Crippen LogP contribution < -0.4 is 5.32 Å². The van der Waals surface area contributed by atoms with Gasteiger partial charge in [0.1, 0.15) is 5.75 Å². The van der Waals surface area contributed by atoms with E-state index in [0.717, 1.165) is 24.9 Å². The predicted octanol–water partition coefficient (Wildman–Crippen LogP) is 2.30. The Morgan fingerprint density at radius 2 is 2.31 bits per heavy atom. The summed E-state index contributed by atoms with van der Waals surface area (Å²) in [7, 11) is 0. The Bertz CT molecular complexity index is 530. The van der Waals surface area contributed by atoms with Gasteiger partial charge in [0, 0.05) is 35.2 Å². The van der Waals surface area contributed by atoms with Gasteiger partial charge in [0.2, 0.25) is 0 Å². The third-order valence-electron chi connectivity index (χ3n) is 3.49. The van der Waals surface area contributed by atoms with Gasteiger partial charge in [-0.1, -0.05) is 6.92 Å². The number of phenolic OH excluding ortho intramolecular Hbond substituents is 1. The van der Waals surface area contributed by atoms with Crippen molar-refractivity contribution in [2.24, 2.45) is 0 Å². The lowest BCUT2D eigenvalue weighted by Crippen LogP contribution is -2.34. The molecule has 1 aliphatic rings. The van der Waals surface area contributed by atoms with Crippen molar-refractivity contribution < 1.29 is 5.11 Å². The quantitative estimate of drug-likeness (QED) is 0.685. The summed E-state index contributed by atoms with van der Waals surface area (Å²) in [5.41, 5.74) is 3.73. The lowest BCUT2D eigenvalue weighted by atomic mass is 9.97. The molecule has 2 aromatic rings. The fourth-order valence-corrected chi connectivity index (χ4v) is 2.54. The number of benzene rings is 1. The van der Waals surface area contributed by atoms with Gasteiger partial charge in [-0.2, -0.15) is 0 Å². The predicted molar refractivity (Wildman–Crippen MR) is 64.6 cm³/mol.